The van der Waals surface area contributed by atoms with Crippen LogP contribution in [0.5, 0.6) is 5.75 Å². The fourth-order valence-corrected chi connectivity index (χ4v) is 2.37. The van der Waals surface area contributed by atoms with E-state index in [1.165, 1.54) is 0 Å². The summed E-state index contributed by atoms with van der Waals surface area (Å²) in [7, 11) is 1.64. The Hall–Kier alpha value is -1.46. The van der Waals surface area contributed by atoms with Crippen LogP contribution in [0.4, 0.5) is 0 Å². The minimum atomic E-state index is -0.103. The van der Waals surface area contributed by atoms with Gasteiger partial charge in [0, 0.05) is 12.1 Å². The van der Waals surface area contributed by atoms with Crippen LogP contribution in [0, 0.1) is 0 Å². The van der Waals surface area contributed by atoms with Gasteiger partial charge in [-0.3, -0.25) is 4.68 Å². The molecule has 2 rings (SSSR count). The minimum Gasteiger partial charge on any atom is -0.493 e. The number of methoxy groups -OCH3 is 1. The molecule has 104 valence electrons. The second-order valence-corrected chi connectivity index (χ2v) is 4.40. The summed E-state index contributed by atoms with van der Waals surface area (Å²) in [5.74, 6) is 0.741. The molecule has 6 heteroatoms. The van der Waals surface area contributed by atoms with Crippen molar-refractivity contribution in [1.29, 1.82) is 0 Å². The van der Waals surface area contributed by atoms with Crippen LogP contribution in [-0.2, 0) is 6.54 Å². The highest BCUT2D eigenvalue weighted by molar-refractivity contribution is 6.29. The zero-order valence-corrected chi connectivity index (χ0v) is 12.1. The number of rotatable bonds is 6. The second kappa shape index (κ2) is 6.12. The Morgan fingerprint density at radius 3 is 2.84 bits per heavy atom. The third-order valence-electron chi connectivity index (χ3n) is 3.00. The van der Waals surface area contributed by atoms with Crippen LogP contribution >= 0.6 is 11.6 Å². The molecule has 2 aromatic rings. The molecular weight excluding hydrogens is 266 g/mol. The zero-order chi connectivity index (χ0) is 13.8. The third-order valence-corrected chi connectivity index (χ3v) is 3.31. The highest BCUT2D eigenvalue weighted by Crippen LogP contribution is 2.34. The Bertz CT molecular complexity index is 514. The molecule has 0 aliphatic rings. The molecule has 2 heterocycles. The Balaban J connectivity index is 2.50. The molecule has 1 N–H and O–H groups in total. The maximum Gasteiger partial charge on any atom is 0.198 e. The number of nitrogens with zero attached hydrogens (tertiary/aromatic N) is 2. The summed E-state index contributed by atoms with van der Waals surface area (Å²) in [5.41, 5.74) is 1.84. The first-order valence-corrected chi connectivity index (χ1v) is 6.66. The van der Waals surface area contributed by atoms with Crippen LogP contribution in [0.2, 0.25) is 5.22 Å². The molecule has 0 aromatic carbocycles. The van der Waals surface area contributed by atoms with Crippen LogP contribution in [0.3, 0.4) is 0 Å². The largest absolute Gasteiger partial charge is 0.493 e. The molecule has 0 amide bonds. The van der Waals surface area contributed by atoms with E-state index in [4.69, 9.17) is 20.8 Å². The lowest BCUT2D eigenvalue weighted by Crippen LogP contribution is -2.25. The highest BCUT2D eigenvalue weighted by atomic mass is 35.5. The standard InChI is InChI=1S/C13H18ClN3O2/c1-4-15-11(9-6-7-19-13(9)14)12-10(18-3)8-16-17(12)5-2/h6-8,11,15H,4-5H2,1-3H3. The third kappa shape index (κ3) is 2.62. The first-order valence-electron chi connectivity index (χ1n) is 6.28. The van der Waals surface area contributed by atoms with Crippen LogP contribution in [0.15, 0.2) is 22.9 Å². The Morgan fingerprint density at radius 1 is 1.53 bits per heavy atom. The van der Waals surface area contributed by atoms with Crippen molar-refractivity contribution >= 4 is 11.6 Å². The molecule has 5 nitrogen and oxygen atoms in total. The number of aryl methyl sites for hydroxylation is 1. The predicted octanol–water partition coefficient (Wildman–Crippen LogP) is 2.86. The first kappa shape index (κ1) is 14.0. The smallest absolute Gasteiger partial charge is 0.198 e. The van der Waals surface area contributed by atoms with Crippen molar-refractivity contribution in [3.05, 3.63) is 35.0 Å². The Morgan fingerprint density at radius 2 is 2.32 bits per heavy atom. The summed E-state index contributed by atoms with van der Waals surface area (Å²) in [6.45, 7) is 5.64. The van der Waals surface area contributed by atoms with Crippen molar-refractivity contribution in [3.8, 4) is 5.75 Å². The van der Waals surface area contributed by atoms with E-state index in [-0.39, 0.29) is 6.04 Å². The summed E-state index contributed by atoms with van der Waals surface area (Å²) >= 11 is 6.10. The van der Waals surface area contributed by atoms with Crippen molar-refractivity contribution in [3.63, 3.8) is 0 Å². The normalized spacial score (nSPS) is 12.6. The van der Waals surface area contributed by atoms with Crippen molar-refractivity contribution < 1.29 is 9.15 Å². The molecule has 1 atom stereocenters. The number of furan rings is 1. The number of aromatic nitrogens is 2. The first-order chi connectivity index (χ1) is 9.22. The molecule has 2 aromatic heterocycles. The summed E-state index contributed by atoms with van der Waals surface area (Å²) in [4.78, 5) is 0. The van der Waals surface area contributed by atoms with E-state index in [0.717, 1.165) is 30.1 Å². The summed E-state index contributed by atoms with van der Waals surface area (Å²) in [6, 6.07) is 1.76. The maximum absolute atomic E-state index is 6.10. The van der Waals surface area contributed by atoms with E-state index in [2.05, 4.69) is 10.4 Å². The number of ether oxygens (including phenoxy) is 1. The number of nitrogens with one attached hydrogen (secondary N) is 1. The van der Waals surface area contributed by atoms with Crippen molar-refractivity contribution in [2.45, 2.75) is 26.4 Å². The van der Waals surface area contributed by atoms with Gasteiger partial charge >= 0.3 is 0 Å². The quantitative estimate of drug-likeness (QED) is 0.886. The van der Waals surface area contributed by atoms with Gasteiger partial charge in [0.15, 0.2) is 11.0 Å². The predicted molar refractivity (Wildman–Crippen MR) is 73.7 cm³/mol. The Kier molecular flexibility index (Phi) is 4.50. The molecule has 0 aliphatic heterocycles. The molecule has 0 bridgehead atoms. The Labute approximate surface area is 117 Å². The van der Waals surface area contributed by atoms with Crippen molar-refractivity contribution in [2.24, 2.45) is 0 Å². The van der Waals surface area contributed by atoms with Gasteiger partial charge in [-0.05, 0) is 31.1 Å². The molecule has 1 unspecified atom stereocenters. The van der Waals surface area contributed by atoms with Crippen molar-refractivity contribution in [1.82, 2.24) is 15.1 Å². The van der Waals surface area contributed by atoms with E-state index < -0.39 is 0 Å². The zero-order valence-electron chi connectivity index (χ0n) is 11.3. The molecule has 0 fully saturated rings. The average molecular weight is 284 g/mol. The van der Waals surface area contributed by atoms with Gasteiger partial charge in [-0.25, -0.2) is 0 Å². The van der Waals surface area contributed by atoms with Gasteiger partial charge in [-0.2, -0.15) is 5.10 Å². The van der Waals surface area contributed by atoms with Gasteiger partial charge < -0.3 is 14.5 Å². The van der Waals surface area contributed by atoms with E-state index in [0.29, 0.717) is 5.22 Å². The molecule has 19 heavy (non-hydrogen) atoms. The number of hydrogen-bond acceptors (Lipinski definition) is 4. The lowest BCUT2D eigenvalue weighted by atomic mass is 10.1. The highest BCUT2D eigenvalue weighted by Gasteiger charge is 2.25. The number of hydrogen-bond donors (Lipinski definition) is 1. The van der Waals surface area contributed by atoms with Gasteiger partial charge in [0.1, 0.15) is 5.69 Å². The molecule has 0 aliphatic carbocycles. The SMILES string of the molecule is CCNC(c1ccoc1Cl)c1c(OC)cnn1CC. The molecule has 0 spiro atoms. The fourth-order valence-electron chi connectivity index (χ4n) is 2.15. The second-order valence-electron chi connectivity index (χ2n) is 4.05. The fraction of sp³-hybridized carbons (Fsp3) is 0.462. The van der Waals surface area contributed by atoms with Gasteiger partial charge in [0.25, 0.3) is 0 Å². The van der Waals surface area contributed by atoms with Gasteiger partial charge in [0.2, 0.25) is 0 Å². The maximum atomic E-state index is 6.10. The van der Waals surface area contributed by atoms with E-state index in [9.17, 15) is 0 Å². The molecule has 0 saturated carbocycles. The molecule has 0 radical (unpaired) electrons. The summed E-state index contributed by atoms with van der Waals surface area (Å²) < 4.78 is 12.5. The topological polar surface area (TPSA) is 52.2 Å². The number of halogens is 1. The van der Waals surface area contributed by atoms with Gasteiger partial charge in [-0.1, -0.05) is 6.92 Å². The summed E-state index contributed by atoms with van der Waals surface area (Å²) in [6.07, 6.45) is 3.30. The van der Waals surface area contributed by atoms with E-state index in [1.54, 1.807) is 19.6 Å². The van der Waals surface area contributed by atoms with Crippen molar-refractivity contribution in [2.75, 3.05) is 13.7 Å². The molecular formula is C13H18ClN3O2. The van der Waals surface area contributed by atoms with Crippen LogP contribution < -0.4 is 10.1 Å². The average Bonchev–Trinajstić information content (AvgIpc) is 3.01. The molecule has 0 saturated heterocycles. The van der Waals surface area contributed by atoms with Gasteiger partial charge in [-0.15, -0.1) is 0 Å². The van der Waals surface area contributed by atoms with Crippen LogP contribution in [0.25, 0.3) is 0 Å². The van der Waals surface area contributed by atoms with Crippen LogP contribution in [0.1, 0.15) is 31.1 Å². The summed E-state index contributed by atoms with van der Waals surface area (Å²) in [5, 5.41) is 8.10. The monoisotopic (exact) mass is 283 g/mol. The lowest BCUT2D eigenvalue weighted by molar-refractivity contribution is 0.399. The minimum absolute atomic E-state index is 0.103. The van der Waals surface area contributed by atoms with E-state index in [1.807, 2.05) is 24.6 Å². The van der Waals surface area contributed by atoms with Gasteiger partial charge in [0.05, 0.1) is 25.6 Å². The lowest BCUT2D eigenvalue weighted by Gasteiger charge is -2.19. The van der Waals surface area contributed by atoms with E-state index >= 15 is 0 Å². The van der Waals surface area contributed by atoms with Crippen LogP contribution in [-0.4, -0.2) is 23.4 Å².